The van der Waals surface area contributed by atoms with Gasteiger partial charge in [0.1, 0.15) is 5.75 Å². The number of thioether (sulfide) groups is 1. The molecule has 0 aliphatic carbocycles. The van der Waals surface area contributed by atoms with Gasteiger partial charge in [-0.05, 0) is 37.3 Å². The molecule has 9 heteroatoms. The Morgan fingerprint density at radius 3 is 2.43 bits per heavy atom. The molecule has 2 aromatic rings. The number of amides is 2. The molecule has 1 atom stereocenters. The fourth-order valence-electron chi connectivity index (χ4n) is 5.57. The molecule has 0 aromatic heterocycles. The van der Waals surface area contributed by atoms with Gasteiger partial charge in [0.25, 0.3) is 5.91 Å². The number of fused-ring (bicyclic) bond motifs is 2. The van der Waals surface area contributed by atoms with Crippen LogP contribution in [0.2, 0.25) is 0 Å². The third-order valence-electron chi connectivity index (χ3n) is 7.24. The molecule has 0 saturated carbocycles. The average Bonchev–Trinajstić information content (AvgIpc) is 3.54. The predicted octanol–water partition coefficient (Wildman–Crippen LogP) is 3.16. The normalized spacial score (nSPS) is 25.7. The molecule has 8 nitrogen and oxygen atoms in total. The number of benzene rings is 2. The summed E-state index contributed by atoms with van der Waals surface area (Å²) in [7, 11) is 0. The number of likely N-dealkylation sites (tertiary alicyclic amines) is 1. The summed E-state index contributed by atoms with van der Waals surface area (Å²) in [5, 5.41) is 0. The van der Waals surface area contributed by atoms with Crippen molar-refractivity contribution < 1.29 is 23.8 Å². The van der Waals surface area contributed by atoms with Gasteiger partial charge in [-0.1, -0.05) is 18.2 Å². The van der Waals surface area contributed by atoms with Gasteiger partial charge in [0, 0.05) is 37.2 Å². The van der Waals surface area contributed by atoms with E-state index in [4.69, 9.17) is 14.2 Å². The zero-order chi connectivity index (χ0) is 24.0. The van der Waals surface area contributed by atoms with E-state index in [0.29, 0.717) is 32.2 Å². The van der Waals surface area contributed by atoms with Crippen molar-refractivity contribution in [2.45, 2.75) is 30.4 Å². The lowest BCUT2D eigenvalue weighted by atomic mass is 10.0. The number of hydrogen-bond acceptors (Lipinski definition) is 7. The number of ether oxygens (including phenoxy) is 3. The highest BCUT2D eigenvalue weighted by Gasteiger charge is 2.61. The van der Waals surface area contributed by atoms with Crippen molar-refractivity contribution in [3.05, 3.63) is 54.1 Å². The predicted molar refractivity (Wildman–Crippen MR) is 133 cm³/mol. The second-order valence-electron chi connectivity index (χ2n) is 9.21. The summed E-state index contributed by atoms with van der Waals surface area (Å²) in [5.41, 5.74) is 2.43. The van der Waals surface area contributed by atoms with Gasteiger partial charge in [-0.15, -0.1) is 11.8 Å². The standard InChI is InChI=1S/C26H29N3O5S/c1-2-32-20-9-7-19(8-10-20)29-23(30)17-35-26(29)21-5-3-4-6-22(21)28(24(26)31)18-27-13-11-25(12-14-27)33-15-16-34-25/h3-10H,2,11-18H2,1H3. The maximum absolute atomic E-state index is 14.2. The van der Waals surface area contributed by atoms with Gasteiger partial charge in [0.15, 0.2) is 5.79 Å². The number of piperidine rings is 1. The second kappa shape index (κ2) is 8.81. The van der Waals surface area contributed by atoms with Crippen molar-refractivity contribution in [2.24, 2.45) is 0 Å². The van der Waals surface area contributed by atoms with E-state index in [1.165, 1.54) is 11.8 Å². The molecule has 0 N–H and O–H groups in total. The maximum atomic E-state index is 14.2. The lowest BCUT2D eigenvalue weighted by Gasteiger charge is -2.39. The van der Waals surface area contributed by atoms with Crippen LogP contribution in [0.5, 0.6) is 5.75 Å². The fourth-order valence-corrected chi connectivity index (χ4v) is 6.93. The average molecular weight is 496 g/mol. The van der Waals surface area contributed by atoms with E-state index >= 15 is 0 Å². The molecule has 3 fully saturated rings. The lowest BCUT2D eigenvalue weighted by Crippen LogP contribution is -2.53. The number of carbonyl (C=O) groups is 2. The number of carbonyl (C=O) groups excluding carboxylic acids is 2. The summed E-state index contributed by atoms with van der Waals surface area (Å²) in [6.45, 7) is 5.84. The monoisotopic (exact) mass is 495 g/mol. The highest BCUT2D eigenvalue weighted by Crippen LogP contribution is 2.55. The molecule has 0 radical (unpaired) electrons. The van der Waals surface area contributed by atoms with Crippen LogP contribution in [0.3, 0.4) is 0 Å². The molecule has 35 heavy (non-hydrogen) atoms. The third kappa shape index (κ3) is 3.64. The van der Waals surface area contributed by atoms with Gasteiger partial charge >= 0.3 is 0 Å². The number of anilines is 2. The Bertz CT molecular complexity index is 1130. The third-order valence-corrected chi connectivity index (χ3v) is 8.63. The smallest absolute Gasteiger partial charge is 0.269 e. The van der Waals surface area contributed by atoms with Crippen LogP contribution in [-0.4, -0.2) is 67.8 Å². The first-order valence-corrected chi connectivity index (χ1v) is 13.2. The molecule has 0 bridgehead atoms. The largest absolute Gasteiger partial charge is 0.494 e. The molecule has 2 aromatic carbocycles. The van der Waals surface area contributed by atoms with Crippen LogP contribution < -0.4 is 14.5 Å². The highest BCUT2D eigenvalue weighted by atomic mass is 32.2. The second-order valence-corrected chi connectivity index (χ2v) is 10.4. The van der Waals surface area contributed by atoms with E-state index in [-0.39, 0.29) is 17.6 Å². The van der Waals surface area contributed by atoms with Gasteiger partial charge in [0.05, 0.1) is 37.9 Å². The van der Waals surface area contributed by atoms with Crippen LogP contribution in [0, 0.1) is 0 Å². The van der Waals surface area contributed by atoms with Crippen molar-refractivity contribution >= 4 is 35.0 Å². The SMILES string of the molecule is CCOc1ccc(N2C(=O)CSC23C(=O)N(CN2CCC4(CC2)OCCO4)c2ccccc23)cc1. The molecule has 4 heterocycles. The quantitative estimate of drug-likeness (QED) is 0.631. The van der Waals surface area contributed by atoms with Crippen molar-refractivity contribution in [3.8, 4) is 5.75 Å². The van der Waals surface area contributed by atoms with Crippen molar-refractivity contribution in [2.75, 3.05) is 55.1 Å². The Labute approximate surface area is 209 Å². The first kappa shape index (κ1) is 22.8. The number of hydrogen-bond donors (Lipinski definition) is 0. The van der Waals surface area contributed by atoms with E-state index < -0.39 is 10.7 Å². The van der Waals surface area contributed by atoms with E-state index in [1.807, 2.05) is 60.4 Å². The van der Waals surface area contributed by atoms with Crippen LogP contribution in [0.25, 0.3) is 0 Å². The van der Waals surface area contributed by atoms with E-state index in [2.05, 4.69) is 4.90 Å². The first-order chi connectivity index (χ1) is 17.1. The summed E-state index contributed by atoms with van der Waals surface area (Å²) in [5.74, 6) is 0.393. The minimum Gasteiger partial charge on any atom is -0.494 e. The van der Waals surface area contributed by atoms with E-state index in [1.54, 1.807) is 4.90 Å². The number of para-hydroxylation sites is 1. The Hall–Kier alpha value is -2.59. The van der Waals surface area contributed by atoms with Crippen LogP contribution in [-0.2, 0) is 23.9 Å². The molecule has 4 aliphatic heterocycles. The van der Waals surface area contributed by atoms with Crippen molar-refractivity contribution in [1.29, 1.82) is 0 Å². The zero-order valence-corrected chi connectivity index (χ0v) is 20.6. The Morgan fingerprint density at radius 1 is 1.00 bits per heavy atom. The summed E-state index contributed by atoms with van der Waals surface area (Å²) < 4.78 is 17.3. The number of rotatable bonds is 5. The Kier molecular flexibility index (Phi) is 5.75. The number of nitrogens with zero attached hydrogens (tertiary/aromatic N) is 3. The van der Waals surface area contributed by atoms with Crippen LogP contribution in [0.4, 0.5) is 11.4 Å². The molecule has 4 aliphatic rings. The Morgan fingerprint density at radius 2 is 1.71 bits per heavy atom. The van der Waals surface area contributed by atoms with Crippen LogP contribution in [0.1, 0.15) is 25.3 Å². The van der Waals surface area contributed by atoms with E-state index in [9.17, 15) is 9.59 Å². The molecular weight excluding hydrogens is 466 g/mol. The summed E-state index contributed by atoms with van der Waals surface area (Å²) in [6.07, 6.45) is 1.57. The van der Waals surface area contributed by atoms with Crippen LogP contribution in [0.15, 0.2) is 48.5 Å². The highest BCUT2D eigenvalue weighted by molar-refractivity contribution is 8.02. The van der Waals surface area contributed by atoms with Crippen LogP contribution >= 0.6 is 11.8 Å². The van der Waals surface area contributed by atoms with Gasteiger partial charge in [-0.2, -0.15) is 0 Å². The van der Waals surface area contributed by atoms with E-state index in [0.717, 1.165) is 42.9 Å². The maximum Gasteiger partial charge on any atom is 0.269 e. The topological polar surface area (TPSA) is 71.6 Å². The summed E-state index contributed by atoms with van der Waals surface area (Å²) >= 11 is 1.41. The fraction of sp³-hybridized carbons (Fsp3) is 0.462. The lowest BCUT2D eigenvalue weighted by molar-refractivity contribution is -0.185. The Balaban J connectivity index is 1.30. The molecule has 1 unspecified atom stereocenters. The zero-order valence-electron chi connectivity index (χ0n) is 19.8. The summed E-state index contributed by atoms with van der Waals surface area (Å²) in [4.78, 5) is 32.1. The molecule has 3 saturated heterocycles. The molecule has 2 spiro atoms. The van der Waals surface area contributed by atoms with Gasteiger partial charge in [-0.25, -0.2) is 0 Å². The first-order valence-electron chi connectivity index (χ1n) is 12.2. The minimum absolute atomic E-state index is 0.0698. The van der Waals surface area contributed by atoms with Gasteiger partial charge in [-0.3, -0.25) is 24.3 Å². The van der Waals surface area contributed by atoms with Crippen molar-refractivity contribution in [1.82, 2.24) is 4.90 Å². The summed E-state index contributed by atoms with van der Waals surface area (Å²) in [6, 6.07) is 15.3. The van der Waals surface area contributed by atoms with Crippen molar-refractivity contribution in [3.63, 3.8) is 0 Å². The molecular formula is C26H29N3O5S. The molecule has 6 rings (SSSR count). The molecule has 184 valence electrons. The van der Waals surface area contributed by atoms with Gasteiger partial charge in [0.2, 0.25) is 10.8 Å². The minimum atomic E-state index is -1.10. The molecule has 2 amide bonds. The van der Waals surface area contributed by atoms with Gasteiger partial charge < -0.3 is 14.2 Å².